The molecule has 5 rings (SSSR count). The van der Waals surface area contributed by atoms with Crippen molar-refractivity contribution in [2.24, 2.45) is 5.73 Å². The van der Waals surface area contributed by atoms with Crippen LogP contribution in [0.25, 0.3) is 0 Å². The summed E-state index contributed by atoms with van der Waals surface area (Å²) in [7, 11) is 2.29. The summed E-state index contributed by atoms with van der Waals surface area (Å²) in [6.07, 6.45) is 0. The maximum atomic E-state index is 13.9. The van der Waals surface area contributed by atoms with Crippen LogP contribution >= 0.6 is 0 Å². The van der Waals surface area contributed by atoms with E-state index in [0.29, 0.717) is 11.1 Å². The van der Waals surface area contributed by atoms with Crippen molar-refractivity contribution in [1.82, 2.24) is 0 Å². The Morgan fingerprint density at radius 3 is 2.05 bits per heavy atom. The van der Waals surface area contributed by atoms with E-state index in [1.165, 1.54) is 11.0 Å². The van der Waals surface area contributed by atoms with Crippen LogP contribution in [0, 0.1) is 18.3 Å². The Morgan fingerprint density at radius 1 is 0.850 bits per heavy atom. The standard InChI is InChI=1S/C31H23N3O6/c1-16-13-14-20-23(28(36)19-12-8-7-11-18(19)27(20)35)25(16)34-26(31(38)40-3)24(30(37)39-2)22(21(15-32)29(34)33)17-9-5-4-6-10-17/h4-14,22H,33H2,1-3H3. The van der Waals surface area contributed by atoms with E-state index >= 15 is 0 Å². The second-order valence-electron chi connectivity index (χ2n) is 9.19. The molecule has 1 unspecified atom stereocenters. The smallest absolute Gasteiger partial charge is 0.355 e. The van der Waals surface area contributed by atoms with E-state index in [4.69, 9.17) is 15.2 Å². The molecule has 0 saturated carbocycles. The SMILES string of the molecule is COC(=O)C1=C(C(=O)OC)N(c2c(C)ccc3c2C(=O)c2ccccc2C3=O)C(N)=C(C#N)C1c1ccccc1. The van der Waals surface area contributed by atoms with Gasteiger partial charge in [-0.3, -0.25) is 14.5 Å². The summed E-state index contributed by atoms with van der Waals surface area (Å²) in [5.41, 5.74) is 7.67. The Morgan fingerprint density at radius 2 is 1.45 bits per heavy atom. The largest absolute Gasteiger partial charge is 0.466 e. The van der Waals surface area contributed by atoms with Crippen LogP contribution in [0.4, 0.5) is 5.69 Å². The molecular weight excluding hydrogens is 510 g/mol. The lowest BCUT2D eigenvalue weighted by Gasteiger charge is -2.38. The number of hydrogen-bond donors (Lipinski definition) is 1. The molecule has 0 amide bonds. The maximum Gasteiger partial charge on any atom is 0.355 e. The predicted octanol–water partition coefficient (Wildman–Crippen LogP) is 3.67. The van der Waals surface area contributed by atoms with E-state index in [0.717, 1.165) is 14.2 Å². The van der Waals surface area contributed by atoms with Gasteiger partial charge >= 0.3 is 11.9 Å². The minimum Gasteiger partial charge on any atom is -0.466 e. The summed E-state index contributed by atoms with van der Waals surface area (Å²) in [5.74, 6) is -3.96. The van der Waals surface area contributed by atoms with Gasteiger partial charge in [-0.25, -0.2) is 9.59 Å². The summed E-state index contributed by atoms with van der Waals surface area (Å²) in [5, 5.41) is 10.3. The van der Waals surface area contributed by atoms with Gasteiger partial charge in [0.05, 0.1) is 48.6 Å². The zero-order chi connectivity index (χ0) is 28.7. The molecular formula is C31H23N3O6. The van der Waals surface area contributed by atoms with E-state index < -0.39 is 23.6 Å². The summed E-state index contributed by atoms with van der Waals surface area (Å²) in [6, 6.07) is 20.3. The minimum atomic E-state index is -1.07. The fourth-order valence-corrected chi connectivity index (χ4v) is 5.31. The molecule has 9 nitrogen and oxygen atoms in total. The molecule has 0 bridgehead atoms. The maximum absolute atomic E-state index is 13.9. The molecule has 40 heavy (non-hydrogen) atoms. The van der Waals surface area contributed by atoms with Crippen LogP contribution in [0.15, 0.2) is 89.4 Å². The van der Waals surface area contributed by atoms with Crippen LogP contribution in [0.1, 0.15) is 48.9 Å². The summed E-state index contributed by atoms with van der Waals surface area (Å²) in [6.45, 7) is 1.67. The number of allylic oxidation sites excluding steroid dienone is 1. The Kier molecular flexibility index (Phi) is 6.53. The van der Waals surface area contributed by atoms with E-state index in [2.05, 4.69) is 6.07 Å². The molecule has 3 aromatic rings. The van der Waals surface area contributed by atoms with E-state index in [1.54, 1.807) is 67.6 Å². The number of benzene rings is 3. The lowest BCUT2D eigenvalue weighted by molar-refractivity contribution is -0.139. The molecule has 2 N–H and O–H groups in total. The van der Waals surface area contributed by atoms with Crippen molar-refractivity contribution in [1.29, 1.82) is 5.26 Å². The van der Waals surface area contributed by atoms with Crippen LogP contribution in [0.2, 0.25) is 0 Å². The molecule has 1 aliphatic carbocycles. The van der Waals surface area contributed by atoms with Crippen LogP contribution in [-0.4, -0.2) is 37.7 Å². The molecule has 3 aromatic carbocycles. The van der Waals surface area contributed by atoms with Gasteiger partial charge in [0, 0.05) is 16.7 Å². The molecule has 1 heterocycles. The number of fused-ring (bicyclic) bond motifs is 2. The first-order valence-electron chi connectivity index (χ1n) is 12.2. The molecule has 0 fully saturated rings. The predicted molar refractivity (Wildman–Crippen MR) is 144 cm³/mol. The highest BCUT2D eigenvalue weighted by atomic mass is 16.5. The minimum absolute atomic E-state index is 0.00674. The molecule has 0 saturated heterocycles. The van der Waals surface area contributed by atoms with Gasteiger partial charge in [-0.05, 0) is 24.1 Å². The monoisotopic (exact) mass is 533 g/mol. The van der Waals surface area contributed by atoms with Crippen molar-refractivity contribution in [3.8, 4) is 6.07 Å². The summed E-state index contributed by atoms with van der Waals surface area (Å²) >= 11 is 0. The Labute approximate surface area is 229 Å². The fourth-order valence-electron chi connectivity index (χ4n) is 5.31. The molecule has 198 valence electrons. The number of aryl methyl sites for hydroxylation is 1. The normalized spacial score (nSPS) is 16.2. The van der Waals surface area contributed by atoms with Crippen molar-refractivity contribution < 1.29 is 28.7 Å². The number of ketones is 2. The number of carbonyl (C=O) groups is 4. The first-order chi connectivity index (χ1) is 19.3. The average Bonchev–Trinajstić information content (AvgIpc) is 2.99. The van der Waals surface area contributed by atoms with Crippen LogP contribution in [0.5, 0.6) is 0 Å². The van der Waals surface area contributed by atoms with Crippen LogP contribution in [0.3, 0.4) is 0 Å². The van der Waals surface area contributed by atoms with Crippen molar-refractivity contribution in [3.63, 3.8) is 0 Å². The molecule has 0 spiro atoms. The average molecular weight is 534 g/mol. The Bertz CT molecular complexity index is 1730. The second-order valence-corrected chi connectivity index (χ2v) is 9.19. The van der Waals surface area contributed by atoms with Gasteiger partial charge in [-0.2, -0.15) is 5.26 Å². The lowest BCUT2D eigenvalue weighted by Crippen LogP contribution is -2.42. The van der Waals surface area contributed by atoms with Gasteiger partial charge in [0.15, 0.2) is 11.6 Å². The van der Waals surface area contributed by atoms with Gasteiger partial charge in [0.2, 0.25) is 0 Å². The van der Waals surface area contributed by atoms with Gasteiger partial charge in [0.1, 0.15) is 11.5 Å². The third-order valence-corrected chi connectivity index (χ3v) is 7.10. The van der Waals surface area contributed by atoms with Crippen molar-refractivity contribution >= 4 is 29.2 Å². The van der Waals surface area contributed by atoms with E-state index in [1.807, 2.05) is 0 Å². The molecule has 0 radical (unpaired) electrons. The van der Waals surface area contributed by atoms with Gasteiger partial charge in [-0.15, -0.1) is 0 Å². The quantitative estimate of drug-likeness (QED) is 0.389. The molecule has 1 atom stereocenters. The number of carbonyl (C=O) groups excluding carboxylic acids is 4. The number of anilines is 1. The number of methoxy groups -OCH3 is 2. The fraction of sp³-hybridized carbons (Fsp3) is 0.129. The number of nitrogens with two attached hydrogens (primary N) is 1. The number of rotatable bonds is 4. The number of ether oxygens (including phenoxy) is 2. The molecule has 0 aromatic heterocycles. The van der Waals surface area contributed by atoms with Crippen LogP contribution < -0.4 is 10.6 Å². The van der Waals surface area contributed by atoms with Crippen molar-refractivity contribution in [2.45, 2.75) is 12.8 Å². The van der Waals surface area contributed by atoms with Gasteiger partial charge < -0.3 is 15.2 Å². The van der Waals surface area contributed by atoms with Crippen molar-refractivity contribution in [2.75, 3.05) is 19.1 Å². The first-order valence-corrected chi connectivity index (χ1v) is 12.2. The third kappa shape index (κ3) is 3.77. The Balaban J connectivity index is 1.90. The number of esters is 2. The molecule has 2 aliphatic rings. The number of nitrogens with zero attached hydrogens (tertiary/aromatic N) is 2. The summed E-state index contributed by atoms with van der Waals surface area (Å²) in [4.78, 5) is 55.4. The van der Waals surface area contributed by atoms with Gasteiger partial charge in [0.25, 0.3) is 0 Å². The zero-order valence-electron chi connectivity index (χ0n) is 21.8. The second kappa shape index (κ2) is 10.0. The lowest BCUT2D eigenvalue weighted by atomic mass is 9.79. The van der Waals surface area contributed by atoms with Gasteiger partial charge in [-0.1, -0.05) is 60.7 Å². The third-order valence-electron chi connectivity index (χ3n) is 7.10. The Hall–Kier alpha value is -5.49. The number of hydrogen-bond acceptors (Lipinski definition) is 9. The van der Waals surface area contributed by atoms with Crippen molar-refractivity contribution in [3.05, 3.63) is 123 Å². The first kappa shape index (κ1) is 26.1. The highest BCUT2D eigenvalue weighted by Gasteiger charge is 2.45. The molecule has 9 heteroatoms. The van der Waals surface area contributed by atoms with Crippen LogP contribution in [-0.2, 0) is 19.1 Å². The highest BCUT2D eigenvalue weighted by Crippen LogP contribution is 2.46. The topological polar surface area (TPSA) is 140 Å². The zero-order valence-corrected chi connectivity index (χ0v) is 21.8. The highest BCUT2D eigenvalue weighted by molar-refractivity contribution is 6.30. The molecule has 1 aliphatic heterocycles. The summed E-state index contributed by atoms with van der Waals surface area (Å²) < 4.78 is 10.2. The number of nitriles is 1. The van der Waals surface area contributed by atoms with E-state index in [-0.39, 0.29) is 56.4 Å². The van der Waals surface area contributed by atoms with E-state index in [9.17, 15) is 24.4 Å².